The first-order chi connectivity index (χ1) is 14.6. The van der Waals surface area contributed by atoms with Crippen LogP contribution in [-0.2, 0) is 16.0 Å². The molecule has 2 fully saturated rings. The number of benzene rings is 1. The zero-order chi connectivity index (χ0) is 21.1. The number of rotatable bonds is 7. The lowest BCUT2D eigenvalue weighted by molar-refractivity contribution is -0.384. The quantitative estimate of drug-likeness (QED) is 0.417. The summed E-state index contributed by atoms with van der Waals surface area (Å²) < 4.78 is 5.08. The third kappa shape index (κ3) is 4.30. The van der Waals surface area contributed by atoms with Gasteiger partial charge in [0, 0.05) is 63.8 Å². The standard InChI is InChI=1S/C22H32N4O4/c1-30-12-4-9-23-22(27)19-14-16-13-18(26(28)29)7-8-20(16)25-11-10-24(15-21(19)25)17-5-2-3-6-17/h7-8,13,17,19,21H,2-6,9-12,14-15H2,1H3,(H,23,27)/t19-,21+/m1/s1. The maximum Gasteiger partial charge on any atom is 0.269 e. The predicted octanol–water partition coefficient (Wildman–Crippen LogP) is 2.35. The molecule has 2 atom stereocenters. The minimum Gasteiger partial charge on any atom is -0.385 e. The fraction of sp³-hybridized carbons (Fsp3) is 0.682. The Labute approximate surface area is 177 Å². The van der Waals surface area contributed by atoms with Gasteiger partial charge >= 0.3 is 0 Å². The molecule has 1 saturated carbocycles. The van der Waals surface area contributed by atoms with Gasteiger partial charge in [-0.1, -0.05) is 12.8 Å². The van der Waals surface area contributed by atoms with E-state index in [1.165, 1.54) is 25.7 Å². The molecule has 1 aromatic rings. The smallest absolute Gasteiger partial charge is 0.269 e. The average molecular weight is 417 g/mol. The molecule has 0 radical (unpaired) electrons. The van der Waals surface area contributed by atoms with Gasteiger partial charge in [0.1, 0.15) is 0 Å². The van der Waals surface area contributed by atoms with Gasteiger partial charge < -0.3 is 15.0 Å². The predicted molar refractivity (Wildman–Crippen MR) is 115 cm³/mol. The second-order valence-corrected chi connectivity index (χ2v) is 8.71. The Kier molecular flexibility index (Phi) is 6.53. The number of amides is 1. The topological polar surface area (TPSA) is 87.9 Å². The number of fused-ring (bicyclic) bond motifs is 3. The summed E-state index contributed by atoms with van der Waals surface area (Å²) in [6, 6.07) is 5.86. The first-order valence-corrected chi connectivity index (χ1v) is 11.1. The van der Waals surface area contributed by atoms with Gasteiger partial charge in [0.25, 0.3) is 5.69 Å². The van der Waals surface area contributed by atoms with Crippen LogP contribution in [0.25, 0.3) is 0 Å². The van der Waals surface area contributed by atoms with Gasteiger partial charge in [0.05, 0.1) is 16.9 Å². The van der Waals surface area contributed by atoms with Gasteiger partial charge in [-0.3, -0.25) is 19.8 Å². The van der Waals surface area contributed by atoms with E-state index in [0.29, 0.717) is 25.6 Å². The summed E-state index contributed by atoms with van der Waals surface area (Å²) >= 11 is 0. The summed E-state index contributed by atoms with van der Waals surface area (Å²) in [5.74, 6) is -0.155. The van der Waals surface area contributed by atoms with Crippen LogP contribution in [0.5, 0.6) is 0 Å². The Morgan fingerprint density at radius 3 is 2.83 bits per heavy atom. The average Bonchev–Trinajstić information content (AvgIpc) is 3.30. The van der Waals surface area contributed by atoms with Crippen molar-refractivity contribution >= 4 is 17.3 Å². The molecule has 8 nitrogen and oxygen atoms in total. The lowest BCUT2D eigenvalue weighted by Crippen LogP contribution is -2.62. The van der Waals surface area contributed by atoms with Crippen molar-refractivity contribution < 1.29 is 14.5 Å². The summed E-state index contributed by atoms with van der Waals surface area (Å²) in [7, 11) is 1.66. The number of hydrogen-bond donors (Lipinski definition) is 1. The van der Waals surface area contributed by atoms with Gasteiger partial charge in [-0.2, -0.15) is 0 Å². The lowest BCUT2D eigenvalue weighted by atomic mass is 9.82. The third-order valence-corrected chi connectivity index (χ3v) is 6.94. The first-order valence-electron chi connectivity index (χ1n) is 11.1. The van der Waals surface area contributed by atoms with E-state index in [1.807, 2.05) is 6.07 Å². The molecule has 0 spiro atoms. The lowest BCUT2D eigenvalue weighted by Gasteiger charge is -2.50. The fourth-order valence-electron chi connectivity index (χ4n) is 5.41. The molecule has 1 amide bonds. The van der Waals surface area contributed by atoms with E-state index in [0.717, 1.165) is 37.3 Å². The Bertz CT molecular complexity index is 780. The van der Waals surface area contributed by atoms with E-state index in [9.17, 15) is 14.9 Å². The number of anilines is 1. The second kappa shape index (κ2) is 9.31. The molecule has 1 aromatic carbocycles. The SMILES string of the molecule is COCCCNC(=O)[C@@H]1Cc2cc([N+](=O)[O-])ccc2N2CCN(C3CCCC3)C[C@@H]12. The molecular weight excluding hydrogens is 384 g/mol. The summed E-state index contributed by atoms with van der Waals surface area (Å²) in [6.07, 6.45) is 6.43. The van der Waals surface area contributed by atoms with E-state index in [4.69, 9.17) is 4.74 Å². The Morgan fingerprint density at radius 1 is 1.30 bits per heavy atom. The highest BCUT2D eigenvalue weighted by molar-refractivity contribution is 5.82. The maximum atomic E-state index is 13.1. The number of nitrogens with zero attached hydrogens (tertiary/aromatic N) is 3. The van der Waals surface area contributed by atoms with Crippen molar-refractivity contribution in [3.63, 3.8) is 0 Å². The van der Waals surface area contributed by atoms with E-state index in [-0.39, 0.29) is 28.5 Å². The van der Waals surface area contributed by atoms with E-state index < -0.39 is 0 Å². The minimum atomic E-state index is -0.357. The van der Waals surface area contributed by atoms with Crippen molar-refractivity contribution in [2.75, 3.05) is 44.8 Å². The van der Waals surface area contributed by atoms with Crippen LogP contribution < -0.4 is 10.2 Å². The molecule has 0 aromatic heterocycles. The number of piperazine rings is 1. The van der Waals surface area contributed by atoms with Crippen LogP contribution in [0.1, 0.15) is 37.7 Å². The van der Waals surface area contributed by atoms with Crippen LogP contribution in [0.4, 0.5) is 11.4 Å². The summed E-state index contributed by atoms with van der Waals surface area (Å²) in [5.41, 5.74) is 2.06. The number of hydrogen-bond acceptors (Lipinski definition) is 6. The summed E-state index contributed by atoms with van der Waals surface area (Å²) in [6.45, 7) is 3.94. The molecule has 2 aliphatic heterocycles. The summed E-state index contributed by atoms with van der Waals surface area (Å²) in [5, 5.41) is 14.3. The van der Waals surface area contributed by atoms with Gasteiger partial charge in [-0.25, -0.2) is 0 Å². The third-order valence-electron chi connectivity index (χ3n) is 6.94. The number of carbonyl (C=O) groups excluding carboxylic acids is 1. The molecule has 3 aliphatic rings. The Balaban J connectivity index is 1.57. The van der Waals surface area contributed by atoms with E-state index >= 15 is 0 Å². The van der Waals surface area contributed by atoms with Crippen LogP contribution in [0, 0.1) is 16.0 Å². The number of nitro benzene ring substituents is 1. The highest BCUT2D eigenvalue weighted by Gasteiger charge is 2.43. The highest BCUT2D eigenvalue weighted by Crippen LogP contribution is 2.39. The highest BCUT2D eigenvalue weighted by atomic mass is 16.6. The zero-order valence-electron chi connectivity index (χ0n) is 17.7. The van der Waals surface area contributed by atoms with Crippen molar-refractivity contribution in [2.45, 2.75) is 50.6 Å². The van der Waals surface area contributed by atoms with Gasteiger partial charge in [-0.05, 0) is 37.3 Å². The molecule has 1 aliphatic carbocycles. The normalized spacial score (nSPS) is 24.4. The number of non-ortho nitro benzene ring substituents is 1. The molecule has 0 bridgehead atoms. The number of nitro groups is 1. The van der Waals surface area contributed by atoms with Crippen LogP contribution >= 0.6 is 0 Å². The van der Waals surface area contributed by atoms with Crippen LogP contribution in [0.2, 0.25) is 0 Å². The minimum absolute atomic E-state index is 0.0477. The zero-order valence-corrected chi connectivity index (χ0v) is 17.7. The summed E-state index contributed by atoms with van der Waals surface area (Å²) in [4.78, 5) is 29.0. The van der Waals surface area contributed by atoms with E-state index in [1.54, 1.807) is 19.2 Å². The van der Waals surface area contributed by atoms with Crippen LogP contribution in [0.15, 0.2) is 18.2 Å². The molecule has 1 saturated heterocycles. The van der Waals surface area contributed by atoms with Crippen LogP contribution in [-0.4, -0.2) is 67.7 Å². The number of carbonyl (C=O) groups is 1. The van der Waals surface area contributed by atoms with Crippen molar-refractivity contribution in [1.82, 2.24) is 10.2 Å². The number of methoxy groups -OCH3 is 1. The van der Waals surface area contributed by atoms with Crippen molar-refractivity contribution in [3.05, 3.63) is 33.9 Å². The van der Waals surface area contributed by atoms with Crippen molar-refractivity contribution in [1.29, 1.82) is 0 Å². The Hall–Kier alpha value is -2.19. The molecule has 1 N–H and O–H groups in total. The second-order valence-electron chi connectivity index (χ2n) is 8.71. The molecule has 8 heteroatoms. The molecule has 164 valence electrons. The Morgan fingerprint density at radius 2 is 2.10 bits per heavy atom. The fourth-order valence-corrected chi connectivity index (χ4v) is 5.41. The largest absolute Gasteiger partial charge is 0.385 e. The number of ether oxygens (including phenoxy) is 1. The van der Waals surface area contributed by atoms with Crippen molar-refractivity contribution in [3.8, 4) is 0 Å². The molecule has 0 unspecified atom stereocenters. The molecule has 2 heterocycles. The maximum absolute atomic E-state index is 13.1. The van der Waals surface area contributed by atoms with Gasteiger partial charge in [0.2, 0.25) is 5.91 Å². The van der Waals surface area contributed by atoms with E-state index in [2.05, 4.69) is 15.1 Å². The first kappa shape index (κ1) is 21.1. The molecule has 30 heavy (non-hydrogen) atoms. The molecule has 4 rings (SSSR count). The molecular formula is C22H32N4O4. The van der Waals surface area contributed by atoms with Gasteiger partial charge in [-0.15, -0.1) is 0 Å². The van der Waals surface area contributed by atoms with Crippen LogP contribution in [0.3, 0.4) is 0 Å². The monoisotopic (exact) mass is 416 g/mol. The van der Waals surface area contributed by atoms with Crippen molar-refractivity contribution in [2.24, 2.45) is 5.92 Å². The number of nitrogens with one attached hydrogen (secondary N) is 1. The van der Waals surface area contributed by atoms with Gasteiger partial charge in [0.15, 0.2) is 0 Å².